The molecule has 2 N–H and O–H groups in total. The number of hydrogen-bond donors (Lipinski definition) is 2. The quantitative estimate of drug-likeness (QED) is 0.691. The van der Waals surface area contributed by atoms with Gasteiger partial charge >= 0.3 is 0 Å². The van der Waals surface area contributed by atoms with Crippen molar-refractivity contribution in [1.82, 2.24) is 10.0 Å². The first kappa shape index (κ1) is 18.6. The summed E-state index contributed by atoms with van der Waals surface area (Å²) in [5.41, 5.74) is 1.03. The van der Waals surface area contributed by atoms with Crippen LogP contribution in [-0.4, -0.2) is 34.2 Å². The van der Waals surface area contributed by atoms with E-state index in [1.807, 2.05) is 26.0 Å². The Morgan fingerprint density at radius 1 is 1.33 bits per heavy atom. The molecule has 1 rings (SSSR count). The molecule has 0 aliphatic carbocycles. The van der Waals surface area contributed by atoms with Crippen LogP contribution in [0.5, 0.6) is 0 Å². The van der Waals surface area contributed by atoms with Gasteiger partial charge in [0.2, 0.25) is 10.0 Å². The summed E-state index contributed by atoms with van der Waals surface area (Å²) in [6, 6.07) is 4.98. The molecule has 1 unspecified atom stereocenters. The first-order valence-electron chi connectivity index (χ1n) is 7.00. The van der Waals surface area contributed by atoms with Crippen molar-refractivity contribution in [2.75, 3.05) is 19.8 Å². The Hall–Kier alpha value is -0.470. The van der Waals surface area contributed by atoms with Crippen LogP contribution in [0, 0.1) is 0 Å². The van der Waals surface area contributed by atoms with Crippen molar-refractivity contribution in [1.29, 1.82) is 0 Å². The number of halogens is 1. The van der Waals surface area contributed by atoms with E-state index in [9.17, 15) is 8.42 Å². The molecule has 0 saturated carbocycles. The summed E-state index contributed by atoms with van der Waals surface area (Å²) in [7, 11) is -3.56. The third-order valence-corrected chi connectivity index (χ3v) is 5.36. The second-order valence-electron chi connectivity index (χ2n) is 4.73. The molecule has 0 fully saturated rings. The topological polar surface area (TPSA) is 67.4 Å². The first-order chi connectivity index (χ1) is 9.90. The van der Waals surface area contributed by atoms with E-state index in [0.717, 1.165) is 12.1 Å². The minimum absolute atomic E-state index is 0.242. The van der Waals surface area contributed by atoms with Crippen molar-refractivity contribution in [2.24, 2.45) is 0 Å². The minimum atomic E-state index is -3.56. The average molecular weight is 379 g/mol. The fraction of sp³-hybridized carbons (Fsp3) is 0.571. The summed E-state index contributed by atoms with van der Waals surface area (Å²) in [5, 5.41) is 3.20. The molecule has 120 valence electrons. The monoisotopic (exact) mass is 378 g/mol. The highest BCUT2D eigenvalue weighted by Gasteiger charge is 2.20. The molecule has 0 amide bonds. The van der Waals surface area contributed by atoms with Gasteiger partial charge in [0, 0.05) is 23.7 Å². The molecule has 0 spiro atoms. The van der Waals surface area contributed by atoms with E-state index in [1.165, 1.54) is 0 Å². The van der Waals surface area contributed by atoms with Crippen LogP contribution in [-0.2, 0) is 21.3 Å². The zero-order chi connectivity index (χ0) is 15.9. The predicted octanol–water partition coefficient (Wildman–Crippen LogP) is 2.26. The summed E-state index contributed by atoms with van der Waals surface area (Å²) in [4.78, 5) is 0.242. The molecule has 0 radical (unpaired) electrons. The third-order valence-electron chi connectivity index (χ3n) is 2.79. The number of sulfonamides is 1. The van der Waals surface area contributed by atoms with Gasteiger partial charge in [-0.05, 0) is 54.0 Å². The third kappa shape index (κ3) is 6.04. The molecule has 5 nitrogen and oxygen atoms in total. The summed E-state index contributed by atoms with van der Waals surface area (Å²) < 4.78 is 33.1. The molecule has 0 aliphatic heterocycles. The molecule has 1 atom stereocenters. The molecule has 1 aromatic rings. The van der Waals surface area contributed by atoms with Crippen molar-refractivity contribution >= 4 is 26.0 Å². The van der Waals surface area contributed by atoms with Gasteiger partial charge in [0.05, 0.1) is 11.5 Å². The number of benzene rings is 1. The van der Waals surface area contributed by atoms with Crippen LogP contribution < -0.4 is 10.0 Å². The van der Waals surface area contributed by atoms with Gasteiger partial charge in [0.1, 0.15) is 0 Å². The highest BCUT2D eigenvalue weighted by Crippen LogP contribution is 2.23. The molecule has 0 saturated heterocycles. The molecule has 7 heteroatoms. The van der Waals surface area contributed by atoms with E-state index >= 15 is 0 Å². The Morgan fingerprint density at radius 3 is 2.62 bits per heavy atom. The Kier molecular flexibility index (Phi) is 7.83. The average Bonchev–Trinajstić information content (AvgIpc) is 2.42. The van der Waals surface area contributed by atoms with Gasteiger partial charge in [-0.2, -0.15) is 0 Å². The summed E-state index contributed by atoms with van der Waals surface area (Å²) in [5.74, 6) is 0. The molecule has 21 heavy (non-hydrogen) atoms. The SMILES string of the molecule is CCNCc1ccc(S(=O)(=O)NC(C)COCC)c(Br)c1. The molecule has 0 bridgehead atoms. The maximum Gasteiger partial charge on any atom is 0.242 e. The van der Waals surface area contributed by atoms with E-state index in [4.69, 9.17) is 4.74 Å². The van der Waals surface area contributed by atoms with Crippen LogP contribution in [0.2, 0.25) is 0 Å². The standard InChI is InChI=1S/C14H23BrN2O3S/c1-4-16-9-12-6-7-14(13(15)8-12)21(18,19)17-11(3)10-20-5-2/h6-8,11,16-17H,4-5,9-10H2,1-3H3. The smallest absolute Gasteiger partial charge is 0.242 e. The zero-order valence-electron chi connectivity index (χ0n) is 12.6. The second-order valence-corrected chi connectivity index (χ2v) is 7.26. The maximum absolute atomic E-state index is 12.3. The van der Waals surface area contributed by atoms with E-state index in [-0.39, 0.29) is 10.9 Å². The normalized spacial score (nSPS) is 13.3. The van der Waals surface area contributed by atoms with Crippen molar-refractivity contribution in [3.63, 3.8) is 0 Å². The van der Waals surface area contributed by atoms with Crippen LogP contribution >= 0.6 is 15.9 Å². The van der Waals surface area contributed by atoms with Crippen molar-refractivity contribution in [3.05, 3.63) is 28.2 Å². The van der Waals surface area contributed by atoms with Crippen LogP contribution in [0.25, 0.3) is 0 Å². The Labute approximate surface area is 135 Å². The Bertz CT molecular complexity index is 549. The number of hydrogen-bond acceptors (Lipinski definition) is 4. The number of nitrogens with one attached hydrogen (secondary N) is 2. The van der Waals surface area contributed by atoms with Gasteiger partial charge in [-0.3, -0.25) is 0 Å². The van der Waals surface area contributed by atoms with Crippen LogP contribution in [0.1, 0.15) is 26.3 Å². The van der Waals surface area contributed by atoms with E-state index in [0.29, 0.717) is 24.2 Å². The highest BCUT2D eigenvalue weighted by molar-refractivity contribution is 9.10. The molecular weight excluding hydrogens is 356 g/mol. The van der Waals surface area contributed by atoms with Gasteiger partial charge in [-0.15, -0.1) is 0 Å². The van der Waals surface area contributed by atoms with E-state index in [2.05, 4.69) is 26.0 Å². The molecule has 0 aliphatic rings. The summed E-state index contributed by atoms with van der Waals surface area (Å²) in [6.45, 7) is 8.18. The summed E-state index contributed by atoms with van der Waals surface area (Å²) >= 11 is 3.34. The number of rotatable bonds is 9. The lowest BCUT2D eigenvalue weighted by Gasteiger charge is -2.15. The molecule has 1 aromatic carbocycles. The van der Waals surface area contributed by atoms with Crippen molar-refractivity contribution in [2.45, 2.75) is 38.3 Å². The van der Waals surface area contributed by atoms with Gasteiger partial charge in [-0.25, -0.2) is 13.1 Å². The van der Waals surface area contributed by atoms with E-state index in [1.54, 1.807) is 13.0 Å². The Balaban J connectivity index is 2.83. The lowest BCUT2D eigenvalue weighted by Crippen LogP contribution is -2.36. The number of ether oxygens (including phenoxy) is 1. The van der Waals surface area contributed by atoms with Crippen LogP contribution in [0.3, 0.4) is 0 Å². The Morgan fingerprint density at radius 2 is 2.05 bits per heavy atom. The largest absolute Gasteiger partial charge is 0.380 e. The second kappa shape index (κ2) is 8.85. The van der Waals surface area contributed by atoms with Gasteiger partial charge in [-0.1, -0.05) is 13.0 Å². The van der Waals surface area contributed by atoms with Crippen LogP contribution in [0.15, 0.2) is 27.6 Å². The molecular formula is C14H23BrN2O3S. The minimum Gasteiger partial charge on any atom is -0.380 e. The highest BCUT2D eigenvalue weighted by atomic mass is 79.9. The van der Waals surface area contributed by atoms with Gasteiger partial charge in [0.25, 0.3) is 0 Å². The lowest BCUT2D eigenvalue weighted by atomic mass is 10.2. The van der Waals surface area contributed by atoms with E-state index < -0.39 is 10.0 Å². The molecule has 0 aromatic heterocycles. The first-order valence-corrected chi connectivity index (χ1v) is 9.27. The van der Waals surface area contributed by atoms with Crippen molar-refractivity contribution < 1.29 is 13.2 Å². The molecule has 0 heterocycles. The predicted molar refractivity (Wildman–Crippen MR) is 87.8 cm³/mol. The fourth-order valence-electron chi connectivity index (χ4n) is 1.80. The van der Waals surface area contributed by atoms with Crippen molar-refractivity contribution in [3.8, 4) is 0 Å². The maximum atomic E-state index is 12.3. The zero-order valence-corrected chi connectivity index (χ0v) is 15.1. The van der Waals surface area contributed by atoms with Crippen LogP contribution in [0.4, 0.5) is 0 Å². The summed E-state index contributed by atoms with van der Waals surface area (Å²) in [6.07, 6.45) is 0. The van der Waals surface area contributed by atoms with Gasteiger partial charge in [0.15, 0.2) is 0 Å². The van der Waals surface area contributed by atoms with Gasteiger partial charge < -0.3 is 10.1 Å². The fourth-order valence-corrected chi connectivity index (χ4v) is 4.15. The lowest BCUT2D eigenvalue weighted by molar-refractivity contribution is 0.133.